The van der Waals surface area contributed by atoms with Gasteiger partial charge in [-0.3, -0.25) is 4.99 Å². The summed E-state index contributed by atoms with van der Waals surface area (Å²) in [7, 11) is 1.78. The lowest BCUT2D eigenvalue weighted by Crippen LogP contribution is -2.44. The van der Waals surface area contributed by atoms with Gasteiger partial charge in [0.1, 0.15) is 5.60 Å². The molecule has 1 aliphatic heterocycles. The van der Waals surface area contributed by atoms with Gasteiger partial charge in [-0.2, -0.15) is 0 Å². The predicted octanol–water partition coefficient (Wildman–Crippen LogP) is 2.90. The fourth-order valence-corrected chi connectivity index (χ4v) is 3.03. The molecule has 1 atom stereocenters. The smallest absolute Gasteiger partial charge is 0.407 e. The van der Waals surface area contributed by atoms with Crippen molar-refractivity contribution in [2.24, 2.45) is 4.99 Å². The SMILES string of the molecule is CCOCc1ccc(CNC(=NC)N2CCC(NC(=O)OC(C)(C)C)C2)cc1. The average molecular weight is 391 g/mol. The molecule has 1 aliphatic rings. The van der Waals surface area contributed by atoms with Gasteiger partial charge >= 0.3 is 6.09 Å². The van der Waals surface area contributed by atoms with Crippen LogP contribution >= 0.6 is 0 Å². The topological polar surface area (TPSA) is 75.2 Å². The molecule has 0 aliphatic carbocycles. The molecule has 156 valence electrons. The van der Waals surface area contributed by atoms with E-state index in [1.54, 1.807) is 7.05 Å². The molecule has 0 radical (unpaired) electrons. The van der Waals surface area contributed by atoms with Gasteiger partial charge in [0.2, 0.25) is 0 Å². The number of hydrogen-bond acceptors (Lipinski definition) is 4. The summed E-state index contributed by atoms with van der Waals surface area (Å²) in [6.07, 6.45) is 0.501. The fraction of sp³-hybridized carbons (Fsp3) is 0.619. The maximum absolute atomic E-state index is 12.0. The molecule has 28 heavy (non-hydrogen) atoms. The Balaban J connectivity index is 1.80. The van der Waals surface area contributed by atoms with E-state index in [1.807, 2.05) is 27.7 Å². The maximum atomic E-state index is 12.0. The van der Waals surface area contributed by atoms with Gasteiger partial charge < -0.3 is 25.0 Å². The zero-order valence-electron chi connectivity index (χ0n) is 17.7. The van der Waals surface area contributed by atoms with Gasteiger partial charge in [0.05, 0.1) is 12.6 Å². The summed E-state index contributed by atoms with van der Waals surface area (Å²) in [4.78, 5) is 18.5. The van der Waals surface area contributed by atoms with Crippen LogP contribution in [0, 0.1) is 0 Å². The number of benzene rings is 1. The molecule has 1 aromatic carbocycles. The van der Waals surface area contributed by atoms with Crippen LogP contribution < -0.4 is 10.6 Å². The van der Waals surface area contributed by atoms with E-state index in [0.717, 1.165) is 25.5 Å². The van der Waals surface area contributed by atoms with Crippen molar-refractivity contribution in [3.05, 3.63) is 35.4 Å². The minimum Gasteiger partial charge on any atom is -0.444 e. The monoisotopic (exact) mass is 390 g/mol. The molecule has 1 unspecified atom stereocenters. The van der Waals surface area contributed by atoms with E-state index < -0.39 is 5.60 Å². The Hall–Kier alpha value is -2.28. The molecule has 1 heterocycles. The van der Waals surface area contributed by atoms with Gasteiger partial charge in [0.15, 0.2) is 5.96 Å². The Morgan fingerprint density at radius 2 is 1.93 bits per heavy atom. The predicted molar refractivity (Wildman–Crippen MR) is 111 cm³/mol. The summed E-state index contributed by atoms with van der Waals surface area (Å²) < 4.78 is 10.8. The Morgan fingerprint density at radius 3 is 2.54 bits per heavy atom. The number of alkyl carbamates (subject to hydrolysis) is 1. The van der Waals surface area contributed by atoms with Gasteiger partial charge in [0, 0.05) is 33.3 Å². The molecule has 1 fully saturated rings. The summed E-state index contributed by atoms with van der Waals surface area (Å²) in [5.41, 5.74) is 1.87. The highest BCUT2D eigenvalue weighted by molar-refractivity contribution is 5.80. The van der Waals surface area contributed by atoms with Gasteiger partial charge in [-0.1, -0.05) is 24.3 Å². The number of aliphatic imine (C=N–C) groups is 1. The van der Waals surface area contributed by atoms with Crippen LogP contribution in [-0.2, 0) is 22.6 Å². The first-order chi connectivity index (χ1) is 13.3. The van der Waals surface area contributed by atoms with Crippen LogP contribution in [0.3, 0.4) is 0 Å². The number of nitrogens with one attached hydrogen (secondary N) is 2. The highest BCUT2D eigenvalue weighted by atomic mass is 16.6. The van der Waals surface area contributed by atoms with E-state index >= 15 is 0 Å². The number of guanidine groups is 1. The number of ether oxygens (including phenoxy) is 2. The molecular weight excluding hydrogens is 356 g/mol. The summed E-state index contributed by atoms with van der Waals surface area (Å²) in [6, 6.07) is 8.45. The standard InChI is InChI=1S/C21H34N4O3/c1-6-27-15-17-9-7-16(8-10-17)13-23-19(22-5)25-12-11-18(14-25)24-20(26)28-21(2,3)4/h7-10,18H,6,11-15H2,1-5H3,(H,22,23)(H,24,26). The number of rotatable bonds is 6. The third kappa shape index (κ3) is 7.38. The van der Waals surface area contributed by atoms with Crippen LogP contribution in [0.4, 0.5) is 4.79 Å². The van der Waals surface area contributed by atoms with Crippen LogP contribution in [0.1, 0.15) is 45.2 Å². The number of carbonyl (C=O) groups is 1. The zero-order chi connectivity index (χ0) is 20.6. The molecular formula is C21H34N4O3. The minimum absolute atomic E-state index is 0.0613. The Morgan fingerprint density at radius 1 is 1.25 bits per heavy atom. The van der Waals surface area contributed by atoms with E-state index in [0.29, 0.717) is 19.7 Å². The lowest BCUT2D eigenvalue weighted by atomic mass is 10.1. The van der Waals surface area contributed by atoms with E-state index in [-0.39, 0.29) is 12.1 Å². The Bertz CT molecular complexity index is 653. The average Bonchev–Trinajstić information content (AvgIpc) is 3.08. The molecule has 1 saturated heterocycles. The van der Waals surface area contributed by atoms with Crippen LogP contribution in [0.2, 0.25) is 0 Å². The second kappa shape index (κ2) is 10.3. The highest BCUT2D eigenvalue weighted by Crippen LogP contribution is 2.12. The molecule has 2 rings (SSSR count). The van der Waals surface area contributed by atoms with E-state index in [1.165, 1.54) is 11.1 Å². The van der Waals surface area contributed by atoms with Gasteiger partial charge in [-0.25, -0.2) is 4.79 Å². The second-order valence-electron chi connectivity index (χ2n) is 7.93. The molecule has 2 N–H and O–H groups in total. The zero-order valence-corrected chi connectivity index (χ0v) is 17.7. The van der Waals surface area contributed by atoms with Gasteiger partial charge in [-0.05, 0) is 45.2 Å². The number of likely N-dealkylation sites (tertiary alicyclic amines) is 1. The van der Waals surface area contributed by atoms with Crippen LogP contribution in [0.5, 0.6) is 0 Å². The van der Waals surface area contributed by atoms with Gasteiger partial charge in [0.25, 0.3) is 0 Å². The van der Waals surface area contributed by atoms with Crippen molar-refractivity contribution >= 4 is 12.1 Å². The third-order valence-electron chi connectivity index (χ3n) is 4.37. The number of amides is 1. The normalized spacial score (nSPS) is 17.5. The van der Waals surface area contributed by atoms with Crippen molar-refractivity contribution in [3.63, 3.8) is 0 Å². The maximum Gasteiger partial charge on any atom is 0.407 e. The molecule has 1 amide bonds. The summed E-state index contributed by atoms with van der Waals surface area (Å²) in [5.74, 6) is 0.840. The number of nitrogens with zero attached hydrogens (tertiary/aromatic N) is 2. The van der Waals surface area contributed by atoms with Crippen molar-refractivity contribution in [1.82, 2.24) is 15.5 Å². The first kappa shape index (κ1) is 22.0. The third-order valence-corrected chi connectivity index (χ3v) is 4.37. The van der Waals surface area contributed by atoms with Crippen molar-refractivity contribution in [3.8, 4) is 0 Å². The second-order valence-corrected chi connectivity index (χ2v) is 7.93. The molecule has 0 saturated carbocycles. The molecule has 1 aromatic rings. The summed E-state index contributed by atoms with van der Waals surface area (Å²) >= 11 is 0. The van der Waals surface area contributed by atoms with E-state index in [2.05, 4.69) is 44.8 Å². The van der Waals surface area contributed by atoms with Crippen LogP contribution in [0.25, 0.3) is 0 Å². The number of hydrogen-bond donors (Lipinski definition) is 2. The van der Waals surface area contributed by atoms with Crippen molar-refractivity contribution < 1.29 is 14.3 Å². The van der Waals surface area contributed by atoms with E-state index in [9.17, 15) is 4.79 Å². The van der Waals surface area contributed by atoms with Gasteiger partial charge in [-0.15, -0.1) is 0 Å². The first-order valence-corrected chi connectivity index (χ1v) is 9.91. The van der Waals surface area contributed by atoms with Crippen molar-refractivity contribution in [1.29, 1.82) is 0 Å². The summed E-state index contributed by atoms with van der Waals surface area (Å²) in [5, 5.41) is 6.35. The molecule has 0 bridgehead atoms. The summed E-state index contributed by atoms with van der Waals surface area (Å²) in [6.45, 7) is 11.2. The minimum atomic E-state index is -0.488. The lowest BCUT2D eigenvalue weighted by Gasteiger charge is -2.23. The quantitative estimate of drug-likeness (QED) is 0.577. The number of carbonyl (C=O) groups excluding carboxylic acids is 1. The van der Waals surface area contributed by atoms with Crippen LogP contribution in [-0.4, -0.2) is 55.3 Å². The molecule has 0 aromatic heterocycles. The Labute approximate surface area is 168 Å². The van der Waals surface area contributed by atoms with Crippen molar-refractivity contribution in [2.75, 3.05) is 26.7 Å². The van der Waals surface area contributed by atoms with Crippen LogP contribution in [0.15, 0.2) is 29.3 Å². The molecule has 7 heteroatoms. The lowest BCUT2D eigenvalue weighted by molar-refractivity contribution is 0.0507. The largest absolute Gasteiger partial charge is 0.444 e. The molecule has 7 nitrogen and oxygen atoms in total. The molecule has 0 spiro atoms. The van der Waals surface area contributed by atoms with Crippen molar-refractivity contribution in [2.45, 2.75) is 58.9 Å². The fourth-order valence-electron chi connectivity index (χ4n) is 3.03. The van der Waals surface area contributed by atoms with E-state index in [4.69, 9.17) is 9.47 Å². The highest BCUT2D eigenvalue weighted by Gasteiger charge is 2.27. The Kier molecular flexibility index (Phi) is 8.11. The first-order valence-electron chi connectivity index (χ1n) is 9.91.